The smallest absolute Gasteiger partial charge is 0.151 e. The summed E-state index contributed by atoms with van der Waals surface area (Å²) in [5.41, 5.74) is 0. The molecule has 2 N–H and O–H groups in total. The van der Waals surface area contributed by atoms with Crippen LogP contribution in [-0.2, 0) is 0 Å². The van der Waals surface area contributed by atoms with Crippen LogP contribution >= 0.6 is 0 Å². The average Bonchev–Trinajstić information content (AvgIpc) is 1.67. The van der Waals surface area contributed by atoms with Gasteiger partial charge in [0.1, 0.15) is 13.1 Å². The molecule has 8 heavy (non-hydrogen) atoms. The number of nitrogens with zero attached hydrogens (tertiary/aromatic N) is 2. The number of quaternary nitrogens is 1. The zero-order valence-electron chi connectivity index (χ0n) is 5.46. The van der Waals surface area contributed by atoms with Crippen LogP contribution in [0.3, 0.4) is 0 Å². The fourth-order valence-electron chi connectivity index (χ4n) is 0.0943. The van der Waals surface area contributed by atoms with Crippen molar-refractivity contribution in [2.24, 2.45) is 11.1 Å². The van der Waals surface area contributed by atoms with Gasteiger partial charge >= 0.3 is 0 Å². The summed E-state index contributed by atoms with van der Waals surface area (Å²) < 4.78 is -0.306. The number of nitrogens with two attached hydrogens (primary N) is 1. The van der Waals surface area contributed by atoms with Crippen LogP contribution in [-0.4, -0.2) is 17.8 Å². The van der Waals surface area contributed by atoms with Gasteiger partial charge in [0.15, 0.2) is 5.29 Å². The van der Waals surface area contributed by atoms with E-state index in [4.69, 9.17) is 5.84 Å². The molecule has 0 rings (SSSR count). The normalized spacial score (nSPS) is 18.1. The Balaban J connectivity index is 3.90. The highest BCUT2D eigenvalue weighted by Crippen LogP contribution is 1.99. The second-order valence-electron chi connectivity index (χ2n) is 2.27. The van der Waals surface area contributed by atoms with Crippen molar-refractivity contribution in [2.75, 3.05) is 7.05 Å². The highest BCUT2D eigenvalue weighted by molar-refractivity contribution is 4.31. The molecular weight excluding hydrogens is 106 g/mol. The third kappa shape index (κ3) is 1.55. The van der Waals surface area contributed by atoms with Crippen molar-refractivity contribution in [3.8, 4) is 0 Å². The van der Waals surface area contributed by atoms with Crippen LogP contribution in [0.15, 0.2) is 5.29 Å². The number of nitroso groups, excluding NO2 is 1. The number of hydrogen-bond donors (Lipinski definition) is 1. The highest BCUT2D eigenvalue weighted by atomic mass is 16.3. The molecule has 0 amide bonds. The maximum Gasteiger partial charge on any atom is 0.174 e. The summed E-state index contributed by atoms with van der Waals surface area (Å²) in [5.74, 6) is 5.32. The van der Waals surface area contributed by atoms with E-state index in [1.54, 1.807) is 7.05 Å². The fraction of sp³-hybridized carbons (Fsp3) is 1.00. The Morgan fingerprint density at radius 1 is 1.62 bits per heavy atom. The molecule has 48 valence electrons. The zero-order chi connectivity index (χ0) is 6.78. The first-order chi connectivity index (χ1) is 3.50. The Labute approximate surface area is 48.8 Å². The van der Waals surface area contributed by atoms with Gasteiger partial charge in [-0.3, -0.25) is 0 Å². The zero-order valence-corrected chi connectivity index (χ0v) is 5.46. The van der Waals surface area contributed by atoms with E-state index in [9.17, 15) is 4.91 Å². The monoisotopic (exact) mass is 118 g/mol. The Kier molecular flexibility index (Phi) is 2.06. The van der Waals surface area contributed by atoms with Gasteiger partial charge in [-0.2, -0.15) is 5.84 Å². The van der Waals surface area contributed by atoms with E-state index in [1.165, 1.54) is 0 Å². The molecule has 0 aromatic rings. The topological polar surface area (TPSA) is 55.4 Å². The van der Waals surface area contributed by atoms with Crippen LogP contribution in [0.5, 0.6) is 0 Å². The standard InChI is InChI=1S/C4H12N3O/c1-4(2)7(3,5)6-8/h4H,5H2,1-3H3/q+1. The molecule has 1 unspecified atom stereocenters. The van der Waals surface area contributed by atoms with Gasteiger partial charge in [-0.15, -0.1) is 0 Å². The van der Waals surface area contributed by atoms with E-state index < -0.39 is 0 Å². The summed E-state index contributed by atoms with van der Waals surface area (Å²) in [4.78, 5) is 9.87. The molecule has 0 radical (unpaired) electrons. The largest absolute Gasteiger partial charge is 0.174 e. The van der Waals surface area contributed by atoms with Gasteiger partial charge in [0.05, 0.1) is 0 Å². The summed E-state index contributed by atoms with van der Waals surface area (Å²) in [6.07, 6.45) is 0. The van der Waals surface area contributed by atoms with Crippen LogP contribution in [0, 0.1) is 4.91 Å². The van der Waals surface area contributed by atoms with Gasteiger partial charge in [-0.25, -0.2) is 0 Å². The van der Waals surface area contributed by atoms with Crippen molar-refractivity contribution in [2.45, 2.75) is 19.9 Å². The van der Waals surface area contributed by atoms with E-state index in [1.807, 2.05) is 13.8 Å². The molecule has 0 saturated heterocycles. The molecule has 0 heterocycles. The third-order valence-corrected chi connectivity index (χ3v) is 1.22. The summed E-state index contributed by atoms with van der Waals surface area (Å²) in [6.45, 7) is 3.67. The van der Waals surface area contributed by atoms with Crippen molar-refractivity contribution in [3.05, 3.63) is 4.91 Å². The Bertz CT molecular complexity index is 89.3. The molecule has 0 aromatic heterocycles. The van der Waals surface area contributed by atoms with Crippen molar-refractivity contribution in [1.29, 1.82) is 0 Å². The van der Waals surface area contributed by atoms with Crippen molar-refractivity contribution in [1.82, 2.24) is 0 Å². The van der Waals surface area contributed by atoms with Crippen LogP contribution in [0.4, 0.5) is 0 Å². The van der Waals surface area contributed by atoms with Crippen molar-refractivity contribution < 1.29 is 4.70 Å². The van der Waals surface area contributed by atoms with Gasteiger partial charge in [0.25, 0.3) is 0 Å². The predicted molar refractivity (Wildman–Crippen MR) is 31.3 cm³/mol. The first-order valence-corrected chi connectivity index (χ1v) is 2.50. The fourth-order valence-corrected chi connectivity index (χ4v) is 0.0943. The Morgan fingerprint density at radius 3 is 2.00 bits per heavy atom. The van der Waals surface area contributed by atoms with Crippen molar-refractivity contribution >= 4 is 0 Å². The highest BCUT2D eigenvalue weighted by Gasteiger charge is 2.21. The van der Waals surface area contributed by atoms with E-state index in [-0.39, 0.29) is 10.7 Å². The molecule has 0 bridgehead atoms. The minimum absolute atomic E-state index is 0.0486. The van der Waals surface area contributed by atoms with Gasteiger partial charge < -0.3 is 0 Å². The van der Waals surface area contributed by atoms with E-state index in [0.29, 0.717) is 0 Å². The molecule has 0 spiro atoms. The molecular formula is C4H12N3O+. The number of hydrogen-bond acceptors (Lipinski definition) is 3. The lowest BCUT2D eigenvalue weighted by molar-refractivity contribution is -0.949. The summed E-state index contributed by atoms with van der Waals surface area (Å²) in [7, 11) is 1.55. The molecule has 0 fully saturated rings. The quantitative estimate of drug-likeness (QED) is 0.247. The average molecular weight is 118 g/mol. The molecule has 0 aliphatic heterocycles. The summed E-state index contributed by atoms with van der Waals surface area (Å²) in [6, 6.07) is 0.0486. The van der Waals surface area contributed by atoms with E-state index in [2.05, 4.69) is 5.29 Å². The molecule has 1 atom stereocenters. The maximum atomic E-state index is 9.87. The molecule has 0 aromatic carbocycles. The van der Waals surface area contributed by atoms with Crippen molar-refractivity contribution in [3.63, 3.8) is 0 Å². The Hall–Kier alpha value is -0.480. The first kappa shape index (κ1) is 7.52. The minimum atomic E-state index is -0.306. The third-order valence-electron chi connectivity index (χ3n) is 1.22. The second-order valence-corrected chi connectivity index (χ2v) is 2.27. The Morgan fingerprint density at radius 2 is 2.00 bits per heavy atom. The molecule has 4 nitrogen and oxygen atoms in total. The lowest BCUT2D eigenvalue weighted by Crippen LogP contribution is -2.50. The van der Waals surface area contributed by atoms with Gasteiger partial charge in [-0.05, 0) is 13.8 Å². The SMILES string of the molecule is CC(C)[N+](C)(N)N=O. The first-order valence-electron chi connectivity index (χ1n) is 2.50. The minimum Gasteiger partial charge on any atom is -0.151 e. The van der Waals surface area contributed by atoms with E-state index in [0.717, 1.165) is 0 Å². The van der Waals surface area contributed by atoms with Gasteiger partial charge in [-0.1, -0.05) is 9.61 Å². The number of rotatable bonds is 2. The van der Waals surface area contributed by atoms with E-state index >= 15 is 0 Å². The molecule has 0 saturated carbocycles. The molecule has 0 aliphatic carbocycles. The summed E-state index contributed by atoms with van der Waals surface area (Å²) >= 11 is 0. The van der Waals surface area contributed by atoms with Gasteiger partial charge in [0.2, 0.25) is 0 Å². The second kappa shape index (κ2) is 2.19. The molecule has 0 aliphatic rings. The van der Waals surface area contributed by atoms with Crippen LogP contribution < -0.4 is 5.84 Å². The maximum absolute atomic E-state index is 9.87. The van der Waals surface area contributed by atoms with Gasteiger partial charge in [0, 0.05) is 0 Å². The summed E-state index contributed by atoms with van der Waals surface area (Å²) in [5, 5.41) is 2.69. The predicted octanol–water partition coefficient (Wildman–Crippen LogP) is 0.397. The van der Waals surface area contributed by atoms with Crippen LogP contribution in [0.1, 0.15) is 13.8 Å². The molecule has 4 heteroatoms. The van der Waals surface area contributed by atoms with Crippen LogP contribution in [0.25, 0.3) is 0 Å². The lowest BCUT2D eigenvalue weighted by atomic mass is 10.4. The lowest BCUT2D eigenvalue weighted by Gasteiger charge is -2.19. The van der Waals surface area contributed by atoms with Crippen LogP contribution in [0.2, 0.25) is 0 Å².